The molecule has 0 amide bonds. The van der Waals surface area contributed by atoms with Gasteiger partial charge in [-0.2, -0.15) is 0 Å². The van der Waals surface area contributed by atoms with Gasteiger partial charge < -0.3 is 15.6 Å². The van der Waals surface area contributed by atoms with Crippen molar-refractivity contribution >= 4 is 0 Å². The molecule has 2 rings (SSSR count). The molecule has 0 saturated carbocycles. The smallest absolute Gasteiger partial charge is 0.123 e. The molecule has 3 N–H and O–H groups in total. The van der Waals surface area contributed by atoms with Crippen molar-refractivity contribution in [3.05, 3.63) is 41.5 Å². The number of nitrogens with two attached hydrogens (primary N) is 1. The molecule has 0 bridgehead atoms. The third kappa shape index (κ3) is 4.34. The highest BCUT2D eigenvalue weighted by Crippen LogP contribution is 2.17. The van der Waals surface area contributed by atoms with E-state index in [-0.39, 0.29) is 0 Å². The molecule has 1 aliphatic rings. The summed E-state index contributed by atoms with van der Waals surface area (Å²) < 4.78 is 5.68. The van der Waals surface area contributed by atoms with Crippen LogP contribution in [0.15, 0.2) is 35.9 Å². The van der Waals surface area contributed by atoms with E-state index in [9.17, 15) is 5.11 Å². The lowest BCUT2D eigenvalue weighted by Gasteiger charge is -2.27. The normalized spacial score (nSPS) is 17.6. The fraction of sp³-hybridized carbons (Fsp3) is 0.500. The Bertz CT molecular complexity index is 460. The van der Waals surface area contributed by atoms with Gasteiger partial charge >= 0.3 is 0 Å². The Kier molecular flexibility index (Phi) is 5.59. The monoisotopic (exact) mass is 276 g/mol. The first-order valence-electron chi connectivity index (χ1n) is 7.16. The topological polar surface area (TPSA) is 58.7 Å². The second-order valence-corrected chi connectivity index (χ2v) is 5.34. The molecule has 0 fully saturated rings. The molecule has 0 aromatic heterocycles. The molecule has 1 atom stereocenters. The zero-order valence-corrected chi connectivity index (χ0v) is 12.1. The van der Waals surface area contributed by atoms with Crippen molar-refractivity contribution in [3.8, 4) is 5.75 Å². The van der Waals surface area contributed by atoms with Crippen LogP contribution in [-0.4, -0.2) is 42.4 Å². The molecule has 1 heterocycles. The summed E-state index contributed by atoms with van der Waals surface area (Å²) in [5.41, 5.74) is 8.07. The molecule has 1 unspecified atom stereocenters. The summed E-state index contributed by atoms with van der Waals surface area (Å²) in [5, 5.41) is 10.1. The highest BCUT2D eigenvalue weighted by Gasteiger charge is 2.14. The van der Waals surface area contributed by atoms with Crippen LogP contribution in [0.4, 0.5) is 0 Å². The maximum atomic E-state index is 10.1. The predicted molar refractivity (Wildman–Crippen MR) is 80.6 cm³/mol. The number of aliphatic hydroxyl groups excluding tert-OH is 1. The van der Waals surface area contributed by atoms with Crippen LogP contribution < -0.4 is 10.5 Å². The molecule has 110 valence electrons. The molecule has 4 nitrogen and oxygen atoms in total. The van der Waals surface area contributed by atoms with Crippen LogP contribution in [0.1, 0.15) is 18.9 Å². The van der Waals surface area contributed by atoms with Crippen molar-refractivity contribution in [1.29, 1.82) is 0 Å². The fourth-order valence-electron chi connectivity index (χ4n) is 2.33. The first-order valence-corrected chi connectivity index (χ1v) is 7.16. The van der Waals surface area contributed by atoms with Gasteiger partial charge in [0.2, 0.25) is 0 Å². The Balaban J connectivity index is 1.79. The largest absolute Gasteiger partial charge is 0.491 e. The maximum Gasteiger partial charge on any atom is 0.123 e. The minimum absolute atomic E-state index is 0.302. The summed E-state index contributed by atoms with van der Waals surface area (Å²) in [5.74, 6) is 0.767. The number of aliphatic hydroxyl groups is 1. The second-order valence-electron chi connectivity index (χ2n) is 5.34. The third-order valence-electron chi connectivity index (χ3n) is 3.61. The Morgan fingerprint density at radius 1 is 1.40 bits per heavy atom. The Morgan fingerprint density at radius 3 is 2.90 bits per heavy atom. The van der Waals surface area contributed by atoms with Crippen LogP contribution in [0.25, 0.3) is 0 Å². The van der Waals surface area contributed by atoms with E-state index < -0.39 is 6.10 Å². The molecule has 1 aromatic carbocycles. The van der Waals surface area contributed by atoms with Crippen LogP contribution in [0.3, 0.4) is 0 Å². The number of para-hydroxylation sites is 1. The van der Waals surface area contributed by atoms with Gasteiger partial charge in [-0.15, -0.1) is 0 Å². The van der Waals surface area contributed by atoms with Crippen LogP contribution in [-0.2, 0) is 6.54 Å². The summed E-state index contributed by atoms with van der Waals surface area (Å²) in [6.07, 6.45) is 2.83. The number of hydrogen-bond donors (Lipinski definition) is 2. The van der Waals surface area contributed by atoms with Crippen molar-refractivity contribution in [2.24, 2.45) is 5.73 Å². The molecule has 0 aliphatic carbocycles. The maximum absolute atomic E-state index is 10.1. The van der Waals surface area contributed by atoms with Gasteiger partial charge in [0.15, 0.2) is 0 Å². The van der Waals surface area contributed by atoms with E-state index in [1.165, 1.54) is 5.57 Å². The molecular formula is C16H24N2O2. The minimum atomic E-state index is -0.479. The quantitative estimate of drug-likeness (QED) is 0.774. The van der Waals surface area contributed by atoms with E-state index in [0.717, 1.165) is 30.8 Å². The average molecular weight is 276 g/mol. The number of ether oxygens (including phenoxy) is 1. The molecule has 0 spiro atoms. The lowest BCUT2D eigenvalue weighted by Crippen LogP contribution is -2.38. The van der Waals surface area contributed by atoms with Crippen molar-refractivity contribution in [2.75, 3.05) is 26.2 Å². The number of benzene rings is 1. The van der Waals surface area contributed by atoms with Gasteiger partial charge in [-0.3, -0.25) is 4.90 Å². The summed E-state index contributed by atoms with van der Waals surface area (Å²) >= 11 is 0. The van der Waals surface area contributed by atoms with Crippen LogP contribution in [0.5, 0.6) is 5.75 Å². The molecule has 1 aliphatic heterocycles. The van der Waals surface area contributed by atoms with E-state index in [1.54, 1.807) is 0 Å². The molecule has 4 heteroatoms. The van der Waals surface area contributed by atoms with Crippen LogP contribution in [0, 0.1) is 0 Å². The van der Waals surface area contributed by atoms with Gasteiger partial charge in [-0.1, -0.05) is 29.8 Å². The van der Waals surface area contributed by atoms with Crippen molar-refractivity contribution < 1.29 is 9.84 Å². The van der Waals surface area contributed by atoms with Crippen molar-refractivity contribution in [1.82, 2.24) is 4.90 Å². The summed E-state index contributed by atoms with van der Waals surface area (Å²) in [4.78, 5) is 2.25. The van der Waals surface area contributed by atoms with Crippen molar-refractivity contribution in [2.45, 2.75) is 26.0 Å². The number of β-amino-alcohol motifs (C(OH)–C–C–N with tert-alkyl or cyclic N) is 1. The van der Waals surface area contributed by atoms with Gasteiger partial charge in [-0.05, 0) is 19.4 Å². The summed E-state index contributed by atoms with van der Waals surface area (Å²) in [6.45, 7) is 5.48. The van der Waals surface area contributed by atoms with E-state index >= 15 is 0 Å². The zero-order valence-electron chi connectivity index (χ0n) is 12.1. The standard InChI is InChI=1S/C16H24N2O2/c1-13-6-8-18(9-7-13)11-15(19)12-20-16-5-3-2-4-14(16)10-17/h2-6,15,19H,7-12,17H2,1H3. The van der Waals surface area contributed by atoms with E-state index in [0.29, 0.717) is 19.7 Å². The molecule has 20 heavy (non-hydrogen) atoms. The zero-order chi connectivity index (χ0) is 14.4. The Labute approximate surface area is 120 Å². The third-order valence-corrected chi connectivity index (χ3v) is 3.61. The first-order chi connectivity index (χ1) is 9.69. The molecule has 0 saturated heterocycles. The highest BCUT2D eigenvalue weighted by atomic mass is 16.5. The molecule has 0 radical (unpaired) electrons. The molecule has 1 aromatic rings. The Hall–Kier alpha value is -1.36. The fourth-order valence-corrected chi connectivity index (χ4v) is 2.33. The predicted octanol–water partition coefficient (Wildman–Crippen LogP) is 1.54. The Morgan fingerprint density at radius 2 is 2.20 bits per heavy atom. The van der Waals surface area contributed by atoms with E-state index in [1.807, 2.05) is 24.3 Å². The van der Waals surface area contributed by atoms with Crippen molar-refractivity contribution in [3.63, 3.8) is 0 Å². The van der Waals surface area contributed by atoms with Gasteiger partial charge in [0, 0.05) is 31.7 Å². The van der Waals surface area contributed by atoms with Crippen LogP contribution >= 0.6 is 0 Å². The number of nitrogens with zero attached hydrogens (tertiary/aromatic N) is 1. The second kappa shape index (κ2) is 7.43. The SMILES string of the molecule is CC1=CCN(CC(O)COc2ccccc2CN)CC1. The van der Waals surface area contributed by atoms with E-state index in [2.05, 4.69) is 17.9 Å². The molecular weight excluding hydrogens is 252 g/mol. The van der Waals surface area contributed by atoms with Gasteiger partial charge in [0.05, 0.1) is 0 Å². The highest BCUT2D eigenvalue weighted by molar-refractivity contribution is 5.32. The average Bonchev–Trinajstić information content (AvgIpc) is 2.48. The summed E-state index contributed by atoms with van der Waals surface area (Å²) in [7, 11) is 0. The summed E-state index contributed by atoms with van der Waals surface area (Å²) in [6, 6.07) is 7.69. The van der Waals surface area contributed by atoms with Crippen LogP contribution in [0.2, 0.25) is 0 Å². The number of rotatable bonds is 6. The van der Waals surface area contributed by atoms with E-state index in [4.69, 9.17) is 10.5 Å². The van der Waals surface area contributed by atoms with Gasteiger partial charge in [0.1, 0.15) is 18.5 Å². The minimum Gasteiger partial charge on any atom is -0.491 e. The van der Waals surface area contributed by atoms with Gasteiger partial charge in [-0.25, -0.2) is 0 Å². The lowest BCUT2D eigenvalue weighted by atomic mass is 10.1. The number of hydrogen-bond acceptors (Lipinski definition) is 4. The lowest BCUT2D eigenvalue weighted by molar-refractivity contribution is 0.0705. The van der Waals surface area contributed by atoms with Gasteiger partial charge in [0.25, 0.3) is 0 Å². The first kappa shape index (κ1) is 15.0.